The summed E-state index contributed by atoms with van der Waals surface area (Å²) in [4.78, 5) is 2.62. The molecule has 0 bridgehead atoms. The Kier molecular flexibility index (Phi) is 4.00. The molecule has 2 unspecified atom stereocenters. The lowest BCUT2D eigenvalue weighted by Gasteiger charge is -2.16. The van der Waals surface area contributed by atoms with E-state index in [0.29, 0.717) is 6.04 Å². The Labute approximate surface area is 92.8 Å². The lowest BCUT2D eigenvalue weighted by atomic mass is 10.2. The van der Waals surface area contributed by atoms with E-state index in [0.717, 1.165) is 25.4 Å². The van der Waals surface area contributed by atoms with Gasteiger partial charge in [-0.2, -0.15) is 0 Å². The number of hydrogen-bond donors (Lipinski definition) is 2. The average Bonchev–Trinajstić information content (AvgIpc) is 2.99. The summed E-state index contributed by atoms with van der Waals surface area (Å²) in [5.74, 6) is 0. The molecule has 0 spiro atoms. The molecule has 2 aliphatic rings. The van der Waals surface area contributed by atoms with Crippen LogP contribution in [0.2, 0.25) is 0 Å². The molecule has 0 aromatic heterocycles. The van der Waals surface area contributed by atoms with Gasteiger partial charge in [0.2, 0.25) is 0 Å². The third kappa shape index (κ3) is 3.44. The maximum Gasteiger partial charge on any atom is 0.0549 e. The first kappa shape index (κ1) is 11.4. The van der Waals surface area contributed by atoms with Crippen molar-refractivity contribution in [2.45, 2.75) is 57.2 Å². The Bertz CT molecular complexity index is 194. The Balaban J connectivity index is 1.56. The van der Waals surface area contributed by atoms with Crippen LogP contribution in [0.5, 0.6) is 0 Å². The third-order valence-corrected chi connectivity index (χ3v) is 3.66. The molecule has 88 valence electrons. The van der Waals surface area contributed by atoms with Crippen LogP contribution >= 0.6 is 0 Å². The zero-order chi connectivity index (χ0) is 10.7. The minimum Gasteiger partial charge on any atom is -0.393 e. The Morgan fingerprint density at radius 2 is 2.20 bits per heavy atom. The molecule has 2 fully saturated rings. The van der Waals surface area contributed by atoms with Gasteiger partial charge < -0.3 is 10.4 Å². The fraction of sp³-hybridized carbons (Fsp3) is 1.00. The van der Waals surface area contributed by atoms with Gasteiger partial charge in [0.15, 0.2) is 0 Å². The number of aliphatic hydroxyl groups excluding tert-OH is 1. The second kappa shape index (κ2) is 5.28. The zero-order valence-corrected chi connectivity index (χ0v) is 9.78. The smallest absolute Gasteiger partial charge is 0.0549 e. The summed E-state index contributed by atoms with van der Waals surface area (Å²) in [7, 11) is 0. The van der Waals surface area contributed by atoms with Gasteiger partial charge in [0.05, 0.1) is 6.10 Å². The molecule has 3 nitrogen and oxygen atoms in total. The molecule has 3 heteroatoms. The normalized spacial score (nSPS) is 29.6. The molecule has 1 aliphatic heterocycles. The molecule has 1 heterocycles. The Hall–Kier alpha value is -0.120. The topological polar surface area (TPSA) is 35.5 Å². The second-order valence-corrected chi connectivity index (χ2v) is 5.02. The van der Waals surface area contributed by atoms with E-state index in [1.54, 1.807) is 0 Å². The number of rotatable bonds is 6. The van der Waals surface area contributed by atoms with E-state index in [2.05, 4.69) is 10.2 Å². The highest BCUT2D eigenvalue weighted by atomic mass is 16.3. The van der Waals surface area contributed by atoms with Crippen molar-refractivity contribution in [2.75, 3.05) is 19.6 Å². The van der Waals surface area contributed by atoms with Gasteiger partial charge in [-0.05, 0) is 38.6 Å². The number of likely N-dealkylation sites (tertiary alicyclic amines) is 1. The summed E-state index contributed by atoms with van der Waals surface area (Å²) < 4.78 is 0. The van der Waals surface area contributed by atoms with Crippen LogP contribution in [-0.4, -0.2) is 47.8 Å². The molecule has 0 radical (unpaired) electrons. The predicted octanol–water partition coefficient (Wildman–Crippen LogP) is 0.974. The summed E-state index contributed by atoms with van der Waals surface area (Å²) in [6, 6.07) is 1.59. The Morgan fingerprint density at radius 1 is 1.40 bits per heavy atom. The fourth-order valence-electron chi connectivity index (χ4n) is 2.38. The van der Waals surface area contributed by atoms with Crippen molar-refractivity contribution in [1.29, 1.82) is 0 Å². The Morgan fingerprint density at radius 3 is 2.87 bits per heavy atom. The molecular formula is C12H24N2O. The summed E-state index contributed by atoms with van der Waals surface area (Å²) in [5, 5.41) is 13.0. The standard InChI is InChI=1S/C12H24N2O/c1-2-12(15)5-7-13-10-6-8-14(9-10)11-3-4-11/h10-13,15H,2-9H2,1H3. The van der Waals surface area contributed by atoms with E-state index < -0.39 is 0 Å². The molecule has 1 aliphatic carbocycles. The van der Waals surface area contributed by atoms with E-state index in [4.69, 9.17) is 0 Å². The van der Waals surface area contributed by atoms with Crippen LogP contribution in [0, 0.1) is 0 Å². The lowest BCUT2D eigenvalue weighted by molar-refractivity contribution is 0.158. The van der Waals surface area contributed by atoms with Crippen molar-refractivity contribution in [3.05, 3.63) is 0 Å². The quantitative estimate of drug-likeness (QED) is 0.689. The van der Waals surface area contributed by atoms with Gasteiger partial charge in [-0.3, -0.25) is 4.90 Å². The van der Waals surface area contributed by atoms with Gasteiger partial charge >= 0.3 is 0 Å². The fourth-order valence-corrected chi connectivity index (χ4v) is 2.38. The molecule has 2 N–H and O–H groups in total. The molecular weight excluding hydrogens is 188 g/mol. The van der Waals surface area contributed by atoms with E-state index in [1.807, 2.05) is 6.92 Å². The van der Waals surface area contributed by atoms with Crippen LogP contribution in [0.1, 0.15) is 39.0 Å². The predicted molar refractivity (Wildman–Crippen MR) is 61.9 cm³/mol. The van der Waals surface area contributed by atoms with Crippen LogP contribution in [0.25, 0.3) is 0 Å². The molecule has 2 rings (SSSR count). The number of nitrogens with one attached hydrogen (secondary N) is 1. The van der Waals surface area contributed by atoms with Gasteiger partial charge in [-0.25, -0.2) is 0 Å². The van der Waals surface area contributed by atoms with Crippen LogP contribution in [0.15, 0.2) is 0 Å². The van der Waals surface area contributed by atoms with Crippen LogP contribution in [0.3, 0.4) is 0 Å². The van der Waals surface area contributed by atoms with E-state index in [-0.39, 0.29) is 6.10 Å². The molecule has 0 aromatic rings. The summed E-state index contributed by atoms with van der Waals surface area (Å²) in [5.41, 5.74) is 0. The highest BCUT2D eigenvalue weighted by molar-refractivity contribution is 4.91. The zero-order valence-electron chi connectivity index (χ0n) is 9.78. The van der Waals surface area contributed by atoms with Crippen LogP contribution in [-0.2, 0) is 0 Å². The van der Waals surface area contributed by atoms with Gasteiger partial charge in [0.25, 0.3) is 0 Å². The molecule has 15 heavy (non-hydrogen) atoms. The van der Waals surface area contributed by atoms with Gasteiger partial charge in [-0.1, -0.05) is 6.92 Å². The summed E-state index contributed by atoms with van der Waals surface area (Å²) in [6.07, 6.45) is 5.79. The lowest BCUT2D eigenvalue weighted by Crippen LogP contribution is -2.34. The van der Waals surface area contributed by atoms with E-state index in [9.17, 15) is 5.11 Å². The summed E-state index contributed by atoms with van der Waals surface area (Å²) >= 11 is 0. The molecule has 1 saturated heterocycles. The number of nitrogens with zero attached hydrogens (tertiary/aromatic N) is 1. The third-order valence-electron chi connectivity index (χ3n) is 3.66. The van der Waals surface area contributed by atoms with Crippen LogP contribution in [0.4, 0.5) is 0 Å². The molecule has 1 saturated carbocycles. The highest BCUT2D eigenvalue weighted by Crippen LogP contribution is 2.29. The van der Waals surface area contributed by atoms with Crippen molar-refractivity contribution < 1.29 is 5.11 Å². The first-order valence-electron chi connectivity index (χ1n) is 6.45. The molecule has 0 amide bonds. The van der Waals surface area contributed by atoms with Crippen LogP contribution < -0.4 is 5.32 Å². The van der Waals surface area contributed by atoms with Crippen molar-refractivity contribution in [3.63, 3.8) is 0 Å². The largest absolute Gasteiger partial charge is 0.393 e. The van der Waals surface area contributed by atoms with Gasteiger partial charge in [0, 0.05) is 25.2 Å². The second-order valence-electron chi connectivity index (χ2n) is 5.02. The van der Waals surface area contributed by atoms with Crippen molar-refractivity contribution >= 4 is 0 Å². The minimum absolute atomic E-state index is 0.113. The van der Waals surface area contributed by atoms with Gasteiger partial charge in [-0.15, -0.1) is 0 Å². The molecule has 2 atom stereocenters. The first-order valence-corrected chi connectivity index (χ1v) is 6.45. The number of hydrogen-bond acceptors (Lipinski definition) is 3. The van der Waals surface area contributed by atoms with Crippen molar-refractivity contribution in [3.8, 4) is 0 Å². The maximum atomic E-state index is 9.43. The van der Waals surface area contributed by atoms with Crippen molar-refractivity contribution in [1.82, 2.24) is 10.2 Å². The van der Waals surface area contributed by atoms with Gasteiger partial charge in [0.1, 0.15) is 0 Å². The highest BCUT2D eigenvalue weighted by Gasteiger charge is 2.33. The average molecular weight is 212 g/mol. The summed E-state index contributed by atoms with van der Waals surface area (Å²) in [6.45, 7) is 5.51. The SMILES string of the molecule is CCC(O)CCNC1CCN(C2CC2)C1. The number of aliphatic hydroxyl groups is 1. The van der Waals surface area contributed by atoms with E-state index >= 15 is 0 Å². The maximum absolute atomic E-state index is 9.43. The minimum atomic E-state index is -0.113. The van der Waals surface area contributed by atoms with Crippen molar-refractivity contribution in [2.24, 2.45) is 0 Å². The molecule has 0 aromatic carbocycles. The monoisotopic (exact) mass is 212 g/mol. The first-order chi connectivity index (χ1) is 7.29. The van der Waals surface area contributed by atoms with E-state index in [1.165, 1.54) is 32.4 Å².